The van der Waals surface area contributed by atoms with Gasteiger partial charge in [0.25, 0.3) is 0 Å². The van der Waals surface area contributed by atoms with Crippen LogP contribution in [0.15, 0.2) is 12.3 Å². The summed E-state index contributed by atoms with van der Waals surface area (Å²) in [7, 11) is 3.73. The fourth-order valence-electron chi connectivity index (χ4n) is 2.77. The Bertz CT molecular complexity index is 491. The van der Waals surface area contributed by atoms with Gasteiger partial charge in [0.1, 0.15) is 5.82 Å². The number of fused-ring (bicyclic) bond motifs is 2. The van der Waals surface area contributed by atoms with Crippen molar-refractivity contribution in [3.8, 4) is 0 Å². The maximum atomic E-state index is 12.2. The highest BCUT2D eigenvalue weighted by Gasteiger charge is 2.44. The maximum Gasteiger partial charge on any atom is 0.231 e. The zero-order valence-electron chi connectivity index (χ0n) is 11.2. The van der Waals surface area contributed by atoms with E-state index >= 15 is 0 Å². The highest BCUT2D eigenvalue weighted by atomic mass is 16.5. The van der Waals surface area contributed by atoms with E-state index in [0.717, 1.165) is 19.3 Å². The van der Waals surface area contributed by atoms with Crippen molar-refractivity contribution in [2.75, 3.05) is 24.3 Å². The van der Waals surface area contributed by atoms with Crippen LogP contribution in [0.2, 0.25) is 0 Å². The molecule has 1 amide bonds. The van der Waals surface area contributed by atoms with Crippen LogP contribution in [-0.4, -0.2) is 42.2 Å². The molecule has 2 aliphatic heterocycles. The molecule has 2 saturated heterocycles. The van der Waals surface area contributed by atoms with Gasteiger partial charge in [-0.3, -0.25) is 4.79 Å². The fraction of sp³-hybridized carbons (Fsp3) is 0.615. The summed E-state index contributed by atoms with van der Waals surface area (Å²) in [6, 6.07) is 1.71. The molecule has 1 aromatic rings. The van der Waals surface area contributed by atoms with Crippen LogP contribution in [-0.2, 0) is 9.53 Å². The van der Waals surface area contributed by atoms with Crippen molar-refractivity contribution >= 4 is 17.7 Å². The van der Waals surface area contributed by atoms with Gasteiger partial charge in [0.15, 0.2) is 0 Å². The van der Waals surface area contributed by atoms with Gasteiger partial charge < -0.3 is 15.0 Å². The summed E-state index contributed by atoms with van der Waals surface area (Å²) in [5, 5.41) is 2.87. The summed E-state index contributed by atoms with van der Waals surface area (Å²) in [6.07, 6.45) is 4.95. The van der Waals surface area contributed by atoms with E-state index < -0.39 is 0 Å². The predicted octanol–water partition coefficient (Wildman–Crippen LogP) is 1.05. The minimum atomic E-state index is -0.0310. The Hall–Kier alpha value is -1.69. The number of amides is 1. The van der Waals surface area contributed by atoms with E-state index in [1.165, 1.54) is 0 Å². The first-order valence-corrected chi connectivity index (χ1v) is 6.60. The number of carbonyl (C=O) groups is 1. The topological polar surface area (TPSA) is 67.4 Å². The van der Waals surface area contributed by atoms with Crippen LogP contribution in [0.25, 0.3) is 0 Å². The van der Waals surface area contributed by atoms with Crippen LogP contribution in [0.3, 0.4) is 0 Å². The number of hydrogen-bond donors (Lipinski definition) is 1. The second-order valence-electron chi connectivity index (χ2n) is 5.34. The second kappa shape index (κ2) is 4.77. The third-order valence-electron chi connectivity index (χ3n) is 3.74. The minimum Gasteiger partial charge on any atom is -0.374 e. The minimum absolute atomic E-state index is 0.00982. The Morgan fingerprint density at radius 2 is 2.32 bits per heavy atom. The Morgan fingerprint density at radius 1 is 1.47 bits per heavy atom. The zero-order chi connectivity index (χ0) is 13.4. The molecule has 6 nitrogen and oxygen atoms in total. The molecule has 2 aliphatic rings. The molecule has 0 aliphatic carbocycles. The average molecular weight is 262 g/mol. The van der Waals surface area contributed by atoms with Crippen LogP contribution < -0.4 is 10.2 Å². The van der Waals surface area contributed by atoms with Crippen molar-refractivity contribution in [2.24, 2.45) is 5.92 Å². The molecule has 2 fully saturated rings. The predicted molar refractivity (Wildman–Crippen MR) is 71.0 cm³/mol. The van der Waals surface area contributed by atoms with E-state index in [4.69, 9.17) is 4.74 Å². The van der Waals surface area contributed by atoms with Crippen molar-refractivity contribution < 1.29 is 9.53 Å². The lowest BCUT2D eigenvalue weighted by atomic mass is 9.88. The molecule has 3 rings (SSSR count). The molecule has 3 heterocycles. The summed E-state index contributed by atoms with van der Waals surface area (Å²) < 4.78 is 5.70. The van der Waals surface area contributed by atoms with Gasteiger partial charge in [0, 0.05) is 20.3 Å². The summed E-state index contributed by atoms with van der Waals surface area (Å²) in [4.78, 5) is 22.4. The molecule has 0 aromatic carbocycles. The van der Waals surface area contributed by atoms with Crippen LogP contribution in [0.4, 0.5) is 11.8 Å². The first kappa shape index (κ1) is 12.3. The number of anilines is 2. The van der Waals surface area contributed by atoms with Crippen molar-refractivity contribution in [3.63, 3.8) is 0 Å². The fourth-order valence-corrected chi connectivity index (χ4v) is 2.77. The molecule has 0 radical (unpaired) electrons. The van der Waals surface area contributed by atoms with E-state index in [0.29, 0.717) is 11.8 Å². The SMILES string of the molecule is CN(C)c1nccc(NC(=O)C2CC3CCC2O3)n1. The van der Waals surface area contributed by atoms with E-state index in [9.17, 15) is 4.79 Å². The number of carbonyl (C=O) groups excluding carboxylic acids is 1. The molecular weight excluding hydrogens is 244 g/mol. The smallest absolute Gasteiger partial charge is 0.231 e. The number of nitrogens with zero attached hydrogens (tertiary/aromatic N) is 3. The Kier molecular flexibility index (Phi) is 3.10. The molecule has 2 bridgehead atoms. The maximum absolute atomic E-state index is 12.2. The zero-order valence-corrected chi connectivity index (χ0v) is 11.2. The van der Waals surface area contributed by atoms with Gasteiger partial charge in [-0.1, -0.05) is 0 Å². The first-order valence-electron chi connectivity index (χ1n) is 6.60. The molecule has 102 valence electrons. The molecule has 1 N–H and O–H groups in total. The van der Waals surface area contributed by atoms with Crippen LogP contribution in [0, 0.1) is 5.92 Å². The molecule has 0 saturated carbocycles. The van der Waals surface area contributed by atoms with Gasteiger partial charge in [-0.25, -0.2) is 4.98 Å². The average Bonchev–Trinajstić information content (AvgIpc) is 3.01. The van der Waals surface area contributed by atoms with Crippen LogP contribution in [0.5, 0.6) is 0 Å². The molecule has 0 spiro atoms. The number of ether oxygens (including phenoxy) is 1. The van der Waals surface area contributed by atoms with E-state index in [-0.39, 0.29) is 24.0 Å². The van der Waals surface area contributed by atoms with Gasteiger partial charge >= 0.3 is 0 Å². The summed E-state index contributed by atoms with van der Waals surface area (Å²) in [5.74, 6) is 1.11. The van der Waals surface area contributed by atoms with Gasteiger partial charge in [-0.05, 0) is 25.3 Å². The Balaban J connectivity index is 1.68. The largest absolute Gasteiger partial charge is 0.374 e. The summed E-state index contributed by atoms with van der Waals surface area (Å²) in [5.41, 5.74) is 0. The molecular formula is C13H18N4O2. The summed E-state index contributed by atoms with van der Waals surface area (Å²) >= 11 is 0. The van der Waals surface area contributed by atoms with E-state index in [1.54, 1.807) is 17.2 Å². The van der Waals surface area contributed by atoms with Crippen molar-refractivity contribution in [2.45, 2.75) is 31.5 Å². The van der Waals surface area contributed by atoms with E-state index in [1.807, 2.05) is 14.1 Å². The highest BCUT2D eigenvalue weighted by molar-refractivity contribution is 5.92. The van der Waals surface area contributed by atoms with Crippen molar-refractivity contribution in [3.05, 3.63) is 12.3 Å². The van der Waals surface area contributed by atoms with Crippen molar-refractivity contribution in [1.29, 1.82) is 0 Å². The van der Waals surface area contributed by atoms with E-state index in [2.05, 4.69) is 15.3 Å². The standard InChI is InChI=1S/C13H18N4O2/c1-17(2)13-14-6-5-11(16-13)15-12(18)9-7-8-3-4-10(9)19-8/h5-6,8-10H,3-4,7H2,1-2H3,(H,14,15,16,18). The number of nitrogens with one attached hydrogen (secondary N) is 1. The van der Waals surface area contributed by atoms with Gasteiger partial charge in [0.05, 0.1) is 18.1 Å². The van der Waals surface area contributed by atoms with Crippen LogP contribution in [0.1, 0.15) is 19.3 Å². The lowest BCUT2D eigenvalue weighted by Gasteiger charge is -2.18. The first-order chi connectivity index (χ1) is 9.13. The molecule has 6 heteroatoms. The third-order valence-corrected chi connectivity index (χ3v) is 3.74. The molecule has 3 atom stereocenters. The number of aromatic nitrogens is 2. The quantitative estimate of drug-likeness (QED) is 0.882. The van der Waals surface area contributed by atoms with Crippen LogP contribution >= 0.6 is 0 Å². The Labute approximate surface area is 112 Å². The highest BCUT2D eigenvalue weighted by Crippen LogP contribution is 2.39. The normalized spacial score (nSPS) is 28.4. The summed E-state index contributed by atoms with van der Waals surface area (Å²) in [6.45, 7) is 0. The monoisotopic (exact) mass is 262 g/mol. The third kappa shape index (κ3) is 2.40. The number of hydrogen-bond acceptors (Lipinski definition) is 5. The number of rotatable bonds is 3. The molecule has 3 unspecified atom stereocenters. The van der Waals surface area contributed by atoms with Gasteiger partial charge in [-0.2, -0.15) is 4.98 Å². The molecule has 19 heavy (non-hydrogen) atoms. The second-order valence-corrected chi connectivity index (χ2v) is 5.34. The lowest BCUT2D eigenvalue weighted by Crippen LogP contribution is -2.31. The Morgan fingerprint density at radius 3 is 2.95 bits per heavy atom. The lowest BCUT2D eigenvalue weighted by molar-refractivity contribution is -0.121. The van der Waals surface area contributed by atoms with Gasteiger partial charge in [-0.15, -0.1) is 0 Å². The van der Waals surface area contributed by atoms with Crippen molar-refractivity contribution in [1.82, 2.24) is 9.97 Å². The molecule has 1 aromatic heterocycles. The van der Waals surface area contributed by atoms with Gasteiger partial charge in [0.2, 0.25) is 11.9 Å².